The van der Waals surface area contributed by atoms with Gasteiger partial charge in [0.25, 0.3) is 0 Å². The van der Waals surface area contributed by atoms with Crippen molar-refractivity contribution in [2.45, 2.75) is 51.1 Å². The Balaban J connectivity index is 1.82. The molecule has 0 spiro atoms. The van der Waals surface area contributed by atoms with E-state index in [2.05, 4.69) is 18.8 Å². The average molecular weight is 261 g/mol. The number of aryl methyl sites for hydroxylation is 1. The number of hydrogen-bond acceptors (Lipinski definition) is 3. The Labute approximate surface area is 115 Å². The molecule has 2 N–H and O–H groups in total. The SMILES string of the molecule is CC1(C)C(N)CCN1C(=O)CCCc1cccnc1. The molecule has 0 aromatic carbocycles. The number of nitrogens with zero attached hydrogens (tertiary/aromatic N) is 2. The normalized spacial score (nSPS) is 21.6. The highest BCUT2D eigenvalue weighted by Crippen LogP contribution is 2.28. The highest BCUT2D eigenvalue weighted by Gasteiger charge is 2.41. The number of aromatic nitrogens is 1. The van der Waals surface area contributed by atoms with Crippen LogP contribution >= 0.6 is 0 Å². The third-order valence-electron chi connectivity index (χ3n) is 4.15. The highest BCUT2D eigenvalue weighted by atomic mass is 16.2. The molecule has 1 atom stereocenters. The minimum Gasteiger partial charge on any atom is -0.336 e. The molecule has 104 valence electrons. The number of carbonyl (C=O) groups excluding carboxylic acids is 1. The van der Waals surface area contributed by atoms with Gasteiger partial charge in [0.15, 0.2) is 0 Å². The molecule has 2 rings (SSSR count). The molecule has 1 unspecified atom stereocenters. The number of likely N-dealkylation sites (tertiary alicyclic amines) is 1. The van der Waals surface area contributed by atoms with Gasteiger partial charge in [0.2, 0.25) is 5.91 Å². The minimum atomic E-state index is -0.203. The highest BCUT2D eigenvalue weighted by molar-refractivity contribution is 5.77. The second-order valence-electron chi connectivity index (χ2n) is 5.81. The Bertz CT molecular complexity index is 430. The van der Waals surface area contributed by atoms with E-state index in [-0.39, 0.29) is 17.5 Å². The van der Waals surface area contributed by atoms with Crippen molar-refractivity contribution in [2.75, 3.05) is 6.54 Å². The van der Waals surface area contributed by atoms with Gasteiger partial charge in [-0.25, -0.2) is 0 Å². The Morgan fingerprint density at radius 2 is 2.37 bits per heavy atom. The minimum absolute atomic E-state index is 0.0924. The zero-order valence-electron chi connectivity index (χ0n) is 11.8. The van der Waals surface area contributed by atoms with Crippen LogP contribution in [0.25, 0.3) is 0 Å². The molecule has 0 saturated carbocycles. The van der Waals surface area contributed by atoms with Crippen molar-refractivity contribution in [1.82, 2.24) is 9.88 Å². The molecule has 0 bridgehead atoms. The standard InChI is InChI=1S/C15H23N3O/c1-15(2)13(16)8-10-18(15)14(19)7-3-5-12-6-4-9-17-11-12/h4,6,9,11,13H,3,5,7-8,10,16H2,1-2H3. The quantitative estimate of drug-likeness (QED) is 0.898. The summed E-state index contributed by atoms with van der Waals surface area (Å²) in [5, 5.41) is 0. The number of hydrogen-bond donors (Lipinski definition) is 1. The van der Waals surface area contributed by atoms with Crippen molar-refractivity contribution >= 4 is 5.91 Å². The summed E-state index contributed by atoms with van der Waals surface area (Å²) in [7, 11) is 0. The summed E-state index contributed by atoms with van der Waals surface area (Å²) in [5.74, 6) is 0.224. The molecule has 4 nitrogen and oxygen atoms in total. The van der Waals surface area contributed by atoms with Crippen LogP contribution in [0.15, 0.2) is 24.5 Å². The van der Waals surface area contributed by atoms with Crippen LogP contribution in [0.4, 0.5) is 0 Å². The van der Waals surface area contributed by atoms with Gasteiger partial charge in [-0.05, 0) is 44.7 Å². The number of pyridine rings is 1. The fourth-order valence-corrected chi connectivity index (χ4v) is 2.68. The largest absolute Gasteiger partial charge is 0.336 e. The van der Waals surface area contributed by atoms with Gasteiger partial charge in [0.1, 0.15) is 0 Å². The first-order chi connectivity index (χ1) is 9.01. The molecule has 2 heterocycles. The maximum Gasteiger partial charge on any atom is 0.223 e. The molecule has 1 aromatic rings. The van der Waals surface area contributed by atoms with Gasteiger partial charge in [-0.15, -0.1) is 0 Å². The summed E-state index contributed by atoms with van der Waals surface area (Å²) >= 11 is 0. The van der Waals surface area contributed by atoms with E-state index in [0.717, 1.165) is 25.8 Å². The molecular weight excluding hydrogens is 238 g/mol. The molecule has 1 saturated heterocycles. The van der Waals surface area contributed by atoms with Crippen LogP contribution in [-0.2, 0) is 11.2 Å². The summed E-state index contributed by atoms with van der Waals surface area (Å²) in [6.07, 6.45) is 6.89. The Kier molecular flexibility index (Phi) is 4.20. The van der Waals surface area contributed by atoms with Gasteiger partial charge in [-0.2, -0.15) is 0 Å². The zero-order chi connectivity index (χ0) is 13.9. The third kappa shape index (κ3) is 3.13. The average Bonchev–Trinajstić information content (AvgIpc) is 2.65. The third-order valence-corrected chi connectivity index (χ3v) is 4.15. The molecule has 1 aromatic heterocycles. The van der Waals surface area contributed by atoms with Crippen molar-refractivity contribution in [3.63, 3.8) is 0 Å². The van der Waals surface area contributed by atoms with Gasteiger partial charge in [-0.3, -0.25) is 9.78 Å². The van der Waals surface area contributed by atoms with Crippen molar-refractivity contribution < 1.29 is 4.79 Å². The van der Waals surface area contributed by atoms with Crippen molar-refractivity contribution in [2.24, 2.45) is 5.73 Å². The number of amides is 1. The van der Waals surface area contributed by atoms with Crippen molar-refractivity contribution in [3.05, 3.63) is 30.1 Å². The smallest absolute Gasteiger partial charge is 0.223 e. The second-order valence-corrected chi connectivity index (χ2v) is 5.81. The van der Waals surface area contributed by atoms with Gasteiger partial charge in [0, 0.05) is 31.4 Å². The fourth-order valence-electron chi connectivity index (χ4n) is 2.68. The summed E-state index contributed by atoms with van der Waals surface area (Å²) in [4.78, 5) is 18.3. The van der Waals surface area contributed by atoms with E-state index in [9.17, 15) is 4.79 Å². The monoisotopic (exact) mass is 261 g/mol. The van der Waals surface area contributed by atoms with Gasteiger partial charge >= 0.3 is 0 Å². The summed E-state index contributed by atoms with van der Waals surface area (Å²) in [5.41, 5.74) is 7.04. The lowest BCUT2D eigenvalue weighted by atomic mass is 9.96. The molecular formula is C15H23N3O. The van der Waals surface area contributed by atoms with E-state index in [1.54, 1.807) is 6.20 Å². The van der Waals surface area contributed by atoms with E-state index < -0.39 is 0 Å². The molecule has 1 aliphatic rings. The van der Waals surface area contributed by atoms with Crippen LogP contribution in [0.5, 0.6) is 0 Å². The van der Waals surface area contributed by atoms with Crippen molar-refractivity contribution in [3.8, 4) is 0 Å². The first-order valence-corrected chi connectivity index (χ1v) is 6.97. The van der Waals surface area contributed by atoms with Crippen LogP contribution in [0.2, 0.25) is 0 Å². The Morgan fingerprint density at radius 3 is 2.95 bits per heavy atom. The first kappa shape index (κ1) is 14.0. The molecule has 1 amide bonds. The second kappa shape index (κ2) is 5.70. The van der Waals surface area contributed by atoms with Gasteiger partial charge in [0.05, 0.1) is 5.54 Å². The van der Waals surface area contributed by atoms with Gasteiger partial charge in [-0.1, -0.05) is 6.07 Å². The summed E-state index contributed by atoms with van der Waals surface area (Å²) in [6, 6.07) is 4.07. The summed E-state index contributed by atoms with van der Waals surface area (Å²) < 4.78 is 0. The summed E-state index contributed by atoms with van der Waals surface area (Å²) in [6.45, 7) is 4.91. The maximum absolute atomic E-state index is 12.3. The predicted octanol–water partition coefficient (Wildman–Crippen LogP) is 1.74. The van der Waals surface area contributed by atoms with E-state index >= 15 is 0 Å². The molecule has 1 aliphatic heterocycles. The number of carbonyl (C=O) groups is 1. The van der Waals surface area contributed by atoms with Gasteiger partial charge < -0.3 is 10.6 Å². The molecule has 0 aliphatic carbocycles. The van der Waals surface area contributed by atoms with E-state index in [0.29, 0.717) is 6.42 Å². The maximum atomic E-state index is 12.3. The molecule has 1 fully saturated rings. The number of nitrogens with two attached hydrogens (primary N) is 1. The van der Waals surface area contributed by atoms with Crippen LogP contribution < -0.4 is 5.73 Å². The first-order valence-electron chi connectivity index (χ1n) is 6.97. The van der Waals surface area contributed by atoms with E-state index in [4.69, 9.17) is 5.73 Å². The van der Waals surface area contributed by atoms with Crippen LogP contribution in [-0.4, -0.2) is 33.9 Å². The predicted molar refractivity (Wildman–Crippen MR) is 75.6 cm³/mol. The lowest BCUT2D eigenvalue weighted by molar-refractivity contribution is -0.134. The van der Waals surface area contributed by atoms with Crippen molar-refractivity contribution in [1.29, 1.82) is 0 Å². The van der Waals surface area contributed by atoms with Crippen LogP contribution in [0.3, 0.4) is 0 Å². The Hall–Kier alpha value is -1.42. The van der Waals surface area contributed by atoms with E-state index in [1.165, 1.54) is 5.56 Å². The molecule has 19 heavy (non-hydrogen) atoms. The molecule has 4 heteroatoms. The van der Waals surface area contributed by atoms with E-state index in [1.807, 2.05) is 23.2 Å². The topological polar surface area (TPSA) is 59.2 Å². The number of rotatable bonds is 4. The fraction of sp³-hybridized carbons (Fsp3) is 0.600. The lowest BCUT2D eigenvalue weighted by Crippen LogP contribution is -2.51. The van der Waals surface area contributed by atoms with Crippen LogP contribution in [0, 0.1) is 0 Å². The lowest BCUT2D eigenvalue weighted by Gasteiger charge is -2.34. The van der Waals surface area contributed by atoms with Crippen LogP contribution in [0.1, 0.15) is 38.7 Å². The Morgan fingerprint density at radius 1 is 1.58 bits per heavy atom. The molecule has 0 radical (unpaired) electrons. The zero-order valence-corrected chi connectivity index (χ0v) is 11.8.